The number of sulfonamides is 1. The van der Waals surface area contributed by atoms with Gasteiger partial charge in [0.1, 0.15) is 0 Å². The Morgan fingerprint density at radius 3 is 2.04 bits per heavy atom. The third kappa shape index (κ3) is 4.09. The highest BCUT2D eigenvalue weighted by Crippen LogP contribution is 2.19. The summed E-state index contributed by atoms with van der Waals surface area (Å²) in [5, 5.41) is 0. The molecule has 1 aromatic carbocycles. The third-order valence-corrected chi connectivity index (χ3v) is 7.22. The van der Waals surface area contributed by atoms with Crippen molar-refractivity contribution in [3.05, 3.63) is 29.8 Å². The number of carbonyl (C=O) groups is 1. The maximum Gasteiger partial charge on any atom is 0.253 e. The van der Waals surface area contributed by atoms with Crippen molar-refractivity contribution in [1.29, 1.82) is 0 Å². The fraction of sp³-hybridized carbons (Fsp3) is 0.611. The molecule has 0 aliphatic carbocycles. The molecule has 7 nitrogen and oxygen atoms in total. The first kappa shape index (κ1) is 19.3. The molecule has 0 radical (unpaired) electrons. The van der Waals surface area contributed by atoms with Gasteiger partial charge in [-0.2, -0.15) is 4.31 Å². The number of likely N-dealkylation sites (N-methyl/N-ethyl adjacent to an activating group) is 2. The number of hydrogen-bond acceptors (Lipinski definition) is 5. The maximum absolute atomic E-state index is 12.8. The monoisotopic (exact) mass is 380 g/mol. The molecule has 3 rings (SSSR count). The Labute approximate surface area is 156 Å². The van der Waals surface area contributed by atoms with Crippen molar-refractivity contribution < 1.29 is 13.2 Å². The summed E-state index contributed by atoms with van der Waals surface area (Å²) in [6.45, 7) is 8.80. The molecule has 2 heterocycles. The summed E-state index contributed by atoms with van der Waals surface area (Å²) >= 11 is 0. The molecule has 2 fully saturated rings. The zero-order valence-corrected chi connectivity index (χ0v) is 16.4. The van der Waals surface area contributed by atoms with E-state index in [9.17, 15) is 13.2 Å². The van der Waals surface area contributed by atoms with Gasteiger partial charge in [0, 0.05) is 57.9 Å². The van der Waals surface area contributed by atoms with Crippen molar-refractivity contribution in [3.8, 4) is 0 Å². The number of rotatable bonds is 4. The van der Waals surface area contributed by atoms with Gasteiger partial charge in [-0.05, 0) is 37.9 Å². The van der Waals surface area contributed by atoms with Gasteiger partial charge in [0.15, 0.2) is 0 Å². The van der Waals surface area contributed by atoms with Crippen LogP contribution in [-0.4, -0.2) is 99.3 Å². The minimum atomic E-state index is -3.49. The summed E-state index contributed by atoms with van der Waals surface area (Å²) in [5.41, 5.74) is 0.548. The van der Waals surface area contributed by atoms with E-state index in [1.807, 2.05) is 11.9 Å². The Bertz CT molecular complexity index is 719. The predicted molar refractivity (Wildman–Crippen MR) is 101 cm³/mol. The number of benzene rings is 1. The van der Waals surface area contributed by atoms with E-state index < -0.39 is 10.0 Å². The molecule has 0 bridgehead atoms. The number of piperazine rings is 2. The van der Waals surface area contributed by atoms with Gasteiger partial charge in [-0.25, -0.2) is 8.42 Å². The van der Waals surface area contributed by atoms with Gasteiger partial charge in [0.05, 0.1) is 4.90 Å². The van der Waals surface area contributed by atoms with Gasteiger partial charge < -0.3 is 14.7 Å². The van der Waals surface area contributed by atoms with Crippen molar-refractivity contribution in [1.82, 2.24) is 19.0 Å². The molecule has 0 atom stereocenters. The summed E-state index contributed by atoms with van der Waals surface area (Å²) < 4.78 is 27.0. The van der Waals surface area contributed by atoms with E-state index in [4.69, 9.17) is 0 Å². The Balaban J connectivity index is 1.67. The smallest absolute Gasteiger partial charge is 0.253 e. The average Bonchev–Trinajstić information content (AvgIpc) is 2.68. The molecule has 1 amide bonds. The first-order chi connectivity index (χ1) is 12.4. The van der Waals surface area contributed by atoms with E-state index in [0.29, 0.717) is 31.7 Å². The first-order valence-corrected chi connectivity index (χ1v) is 10.7. The Morgan fingerprint density at radius 1 is 0.923 bits per heavy atom. The topological polar surface area (TPSA) is 64.2 Å². The molecule has 1 aromatic rings. The second kappa shape index (κ2) is 8.04. The molecule has 2 saturated heterocycles. The summed E-state index contributed by atoms with van der Waals surface area (Å²) in [6, 6.07) is 6.39. The van der Waals surface area contributed by atoms with Crippen LogP contribution in [-0.2, 0) is 10.0 Å². The van der Waals surface area contributed by atoms with E-state index in [0.717, 1.165) is 32.7 Å². The predicted octanol–water partition coefficient (Wildman–Crippen LogP) is 0.400. The number of nitrogens with zero attached hydrogens (tertiary/aromatic N) is 4. The quantitative estimate of drug-likeness (QED) is 0.757. The molecule has 2 aliphatic heterocycles. The Morgan fingerprint density at radius 2 is 1.50 bits per heavy atom. The normalized spacial score (nSPS) is 21.1. The highest BCUT2D eigenvalue weighted by molar-refractivity contribution is 7.89. The molecule has 2 aliphatic rings. The highest BCUT2D eigenvalue weighted by atomic mass is 32.2. The van der Waals surface area contributed by atoms with Crippen LogP contribution in [0.4, 0.5) is 0 Å². The molecule has 0 aromatic heterocycles. The summed E-state index contributed by atoms with van der Waals surface area (Å²) in [5.74, 6) is -0.0238. The summed E-state index contributed by atoms with van der Waals surface area (Å²) in [7, 11) is -1.50. The van der Waals surface area contributed by atoms with Crippen molar-refractivity contribution in [2.75, 3.05) is 66.0 Å². The lowest BCUT2D eigenvalue weighted by Crippen LogP contribution is -2.48. The van der Waals surface area contributed by atoms with Crippen LogP contribution in [0.25, 0.3) is 0 Å². The molecule has 26 heavy (non-hydrogen) atoms. The van der Waals surface area contributed by atoms with Crippen LogP contribution in [0.15, 0.2) is 29.2 Å². The summed E-state index contributed by atoms with van der Waals surface area (Å²) in [6.07, 6.45) is 0. The zero-order chi connectivity index (χ0) is 18.7. The van der Waals surface area contributed by atoms with E-state index in [-0.39, 0.29) is 10.8 Å². The number of carbonyl (C=O) groups excluding carboxylic acids is 1. The lowest BCUT2D eigenvalue weighted by atomic mass is 10.2. The van der Waals surface area contributed by atoms with Crippen LogP contribution in [0.1, 0.15) is 17.3 Å². The van der Waals surface area contributed by atoms with Crippen LogP contribution >= 0.6 is 0 Å². The molecule has 0 spiro atoms. The van der Waals surface area contributed by atoms with Crippen LogP contribution in [0.3, 0.4) is 0 Å². The maximum atomic E-state index is 12.8. The number of amides is 1. The molecule has 144 valence electrons. The fourth-order valence-electron chi connectivity index (χ4n) is 3.40. The minimum absolute atomic E-state index is 0.0238. The lowest BCUT2D eigenvalue weighted by molar-refractivity contribution is 0.0643. The van der Waals surface area contributed by atoms with Gasteiger partial charge in [0.25, 0.3) is 5.91 Å². The Kier molecular flexibility index (Phi) is 5.96. The lowest BCUT2D eigenvalue weighted by Gasteiger charge is -2.34. The van der Waals surface area contributed by atoms with Gasteiger partial charge in [-0.15, -0.1) is 0 Å². The molecule has 8 heteroatoms. The van der Waals surface area contributed by atoms with Crippen LogP contribution in [0, 0.1) is 0 Å². The molecular formula is C18H28N4O3S. The van der Waals surface area contributed by atoms with E-state index in [1.54, 1.807) is 24.3 Å². The molecule has 0 saturated carbocycles. The zero-order valence-electron chi connectivity index (χ0n) is 15.6. The van der Waals surface area contributed by atoms with Crippen molar-refractivity contribution in [2.45, 2.75) is 11.8 Å². The third-order valence-electron chi connectivity index (χ3n) is 5.31. The van der Waals surface area contributed by atoms with Crippen LogP contribution in [0.2, 0.25) is 0 Å². The van der Waals surface area contributed by atoms with Gasteiger partial charge in [0.2, 0.25) is 10.0 Å². The van der Waals surface area contributed by atoms with Gasteiger partial charge in [-0.3, -0.25) is 4.79 Å². The van der Waals surface area contributed by atoms with Crippen LogP contribution in [0.5, 0.6) is 0 Å². The van der Waals surface area contributed by atoms with E-state index in [1.165, 1.54) is 4.31 Å². The Hall–Kier alpha value is -1.48. The second-order valence-corrected chi connectivity index (χ2v) is 8.90. The van der Waals surface area contributed by atoms with Gasteiger partial charge >= 0.3 is 0 Å². The number of hydrogen-bond donors (Lipinski definition) is 0. The minimum Gasteiger partial charge on any atom is -0.336 e. The second-order valence-electron chi connectivity index (χ2n) is 6.96. The highest BCUT2D eigenvalue weighted by Gasteiger charge is 2.28. The molecular weight excluding hydrogens is 352 g/mol. The molecule has 0 unspecified atom stereocenters. The average molecular weight is 381 g/mol. The van der Waals surface area contributed by atoms with Crippen LogP contribution < -0.4 is 0 Å². The summed E-state index contributed by atoms with van der Waals surface area (Å²) in [4.78, 5) is 19.2. The van der Waals surface area contributed by atoms with E-state index in [2.05, 4.69) is 16.7 Å². The molecule has 0 N–H and O–H groups in total. The van der Waals surface area contributed by atoms with Crippen molar-refractivity contribution in [3.63, 3.8) is 0 Å². The SMILES string of the molecule is CCN1CCN(C(=O)c2ccc(S(=O)(=O)N3CCN(C)CC3)cc2)CC1. The first-order valence-electron chi connectivity index (χ1n) is 9.22. The standard InChI is InChI=1S/C18H28N4O3S/c1-3-20-10-12-21(13-11-20)18(23)16-4-6-17(7-5-16)26(24,25)22-14-8-19(2)9-15-22/h4-7H,3,8-15H2,1-2H3. The van der Waals surface area contributed by atoms with Crippen molar-refractivity contribution in [2.24, 2.45) is 0 Å². The van der Waals surface area contributed by atoms with E-state index >= 15 is 0 Å². The van der Waals surface area contributed by atoms with Crippen molar-refractivity contribution >= 4 is 15.9 Å². The largest absolute Gasteiger partial charge is 0.336 e. The fourth-order valence-corrected chi connectivity index (χ4v) is 4.82. The van der Waals surface area contributed by atoms with Gasteiger partial charge in [-0.1, -0.05) is 6.92 Å².